The third kappa shape index (κ3) is 1.60. The van der Waals surface area contributed by atoms with E-state index in [2.05, 4.69) is 5.43 Å². The Kier molecular flexibility index (Phi) is 2.69. The molecule has 1 aromatic rings. The maximum absolute atomic E-state index is 11.9. The van der Waals surface area contributed by atoms with Crippen LogP contribution < -0.4 is 10.2 Å². The molecule has 0 radical (unpaired) electrons. The number of amides is 1. The summed E-state index contributed by atoms with van der Waals surface area (Å²) in [6.07, 6.45) is 1.01. The summed E-state index contributed by atoms with van der Waals surface area (Å²) in [7, 11) is 1.58. The molecule has 1 fully saturated rings. The van der Waals surface area contributed by atoms with Crippen molar-refractivity contribution in [1.29, 1.82) is 0 Å². The van der Waals surface area contributed by atoms with Gasteiger partial charge in [-0.25, -0.2) is 5.43 Å². The van der Waals surface area contributed by atoms with Crippen LogP contribution >= 0.6 is 11.3 Å². The lowest BCUT2D eigenvalue weighted by molar-refractivity contribution is 0.0728. The molecule has 1 aromatic heterocycles. The minimum absolute atomic E-state index is 0.00866. The molecule has 2 heterocycles. The predicted molar refractivity (Wildman–Crippen MR) is 54.5 cm³/mol. The monoisotopic (exact) mass is 212 g/mol. The second-order valence-corrected chi connectivity index (χ2v) is 3.95. The van der Waals surface area contributed by atoms with Gasteiger partial charge in [-0.15, -0.1) is 11.3 Å². The molecule has 0 aromatic carbocycles. The average molecular weight is 212 g/mol. The van der Waals surface area contributed by atoms with Gasteiger partial charge in [0.2, 0.25) is 0 Å². The van der Waals surface area contributed by atoms with Crippen molar-refractivity contribution >= 4 is 17.2 Å². The van der Waals surface area contributed by atoms with Gasteiger partial charge < -0.3 is 4.74 Å². The fourth-order valence-electron chi connectivity index (χ4n) is 1.44. The Morgan fingerprint density at radius 3 is 3.21 bits per heavy atom. The number of rotatable bonds is 2. The molecular weight excluding hydrogens is 200 g/mol. The first-order valence-corrected chi connectivity index (χ1v) is 5.37. The largest absolute Gasteiger partial charge is 0.495 e. The molecule has 1 N–H and O–H groups in total. The smallest absolute Gasteiger partial charge is 0.281 e. The summed E-state index contributed by atoms with van der Waals surface area (Å²) in [4.78, 5) is 12.6. The summed E-state index contributed by atoms with van der Waals surface area (Å²) < 4.78 is 5.10. The molecule has 1 amide bonds. The van der Waals surface area contributed by atoms with Crippen LogP contribution in [0.4, 0.5) is 0 Å². The molecule has 0 aliphatic carbocycles. The van der Waals surface area contributed by atoms with Crippen LogP contribution in [0.25, 0.3) is 0 Å². The van der Waals surface area contributed by atoms with E-state index in [4.69, 9.17) is 4.74 Å². The van der Waals surface area contributed by atoms with Crippen LogP contribution in [0, 0.1) is 0 Å². The minimum Gasteiger partial charge on any atom is -0.495 e. The van der Waals surface area contributed by atoms with E-state index in [1.54, 1.807) is 12.1 Å². The summed E-state index contributed by atoms with van der Waals surface area (Å²) in [5.41, 5.74) is 3.03. The molecule has 76 valence electrons. The van der Waals surface area contributed by atoms with Gasteiger partial charge in [-0.3, -0.25) is 9.80 Å². The van der Waals surface area contributed by atoms with Crippen LogP contribution in [0.1, 0.15) is 16.1 Å². The lowest BCUT2D eigenvalue weighted by Gasteiger charge is -2.14. The molecule has 0 spiro atoms. The zero-order valence-electron chi connectivity index (χ0n) is 7.95. The van der Waals surface area contributed by atoms with Gasteiger partial charge in [-0.2, -0.15) is 0 Å². The van der Waals surface area contributed by atoms with Gasteiger partial charge in [0, 0.05) is 13.1 Å². The molecular formula is C9H12N2O2S. The van der Waals surface area contributed by atoms with E-state index in [-0.39, 0.29) is 5.91 Å². The van der Waals surface area contributed by atoms with Crippen molar-refractivity contribution in [3.05, 3.63) is 16.3 Å². The van der Waals surface area contributed by atoms with Crippen molar-refractivity contribution in [3.8, 4) is 5.75 Å². The van der Waals surface area contributed by atoms with Crippen LogP contribution in [0.3, 0.4) is 0 Å². The Balaban J connectivity index is 2.17. The highest BCUT2D eigenvalue weighted by Crippen LogP contribution is 2.25. The van der Waals surface area contributed by atoms with E-state index >= 15 is 0 Å². The quantitative estimate of drug-likeness (QED) is 0.798. The number of carbonyl (C=O) groups excluding carboxylic acids is 1. The van der Waals surface area contributed by atoms with E-state index in [0.717, 1.165) is 19.5 Å². The fourth-order valence-corrected chi connectivity index (χ4v) is 2.25. The molecule has 2 rings (SSSR count). The first kappa shape index (κ1) is 9.48. The number of carbonyl (C=O) groups is 1. The fraction of sp³-hybridized carbons (Fsp3) is 0.444. The number of hydrogen-bond acceptors (Lipinski definition) is 4. The van der Waals surface area contributed by atoms with E-state index in [1.165, 1.54) is 11.3 Å². The molecule has 0 saturated carbocycles. The molecule has 4 nitrogen and oxygen atoms in total. The number of thiophene rings is 1. The highest BCUT2D eigenvalue weighted by atomic mass is 32.1. The Morgan fingerprint density at radius 2 is 2.57 bits per heavy atom. The Bertz CT molecular complexity index is 331. The van der Waals surface area contributed by atoms with Gasteiger partial charge in [-0.05, 0) is 17.9 Å². The van der Waals surface area contributed by atoms with Crippen molar-refractivity contribution in [2.75, 3.05) is 20.2 Å². The number of nitrogens with zero attached hydrogens (tertiary/aromatic N) is 1. The maximum atomic E-state index is 11.9. The highest BCUT2D eigenvalue weighted by Gasteiger charge is 2.23. The molecule has 0 atom stereocenters. The molecule has 1 aliphatic rings. The summed E-state index contributed by atoms with van der Waals surface area (Å²) in [6, 6.07) is 1.81. The summed E-state index contributed by atoms with van der Waals surface area (Å²) in [6.45, 7) is 1.65. The highest BCUT2D eigenvalue weighted by molar-refractivity contribution is 7.12. The van der Waals surface area contributed by atoms with Crippen LogP contribution in [0.15, 0.2) is 11.4 Å². The molecule has 0 bridgehead atoms. The van der Waals surface area contributed by atoms with Crippen molar-refractivity contribution in [2.45, 2.75) is 6.42 Å². The Morgan fingerprint density at radius 1 is 1.71 bits per heavy atom. The van der Waals surface area contributed by atoms with Crippen LogP contribution in [-0.4, -0.2) is 31.1 Å². The van der Waals surface area contributed by atoms with Gasteiger partial charge in [0.15, 0.2) is 0 Å². The van der Waals surface area contributed by atoms with Gasteiger partial charge >= 0.3 is 0 Å². The zero-order chi connectivity index (χ0) is 9.97. The number of ether oxygens (including phenoxy) is 1. The van der Waals surface area contributed by atoms with Crippen LogP contribution in [0.5, 0.6) is 5.75 Å². The molecule has 14 heavy (non-hydrogen) atoms. The third-order valence-electron chi connectivity index (χ3n) is 2.15. The predicted octanol–water partition coefficient (Wildman–Crippen LogP) is 1.11. The van der Waals surface area contributed by atoms with E-state index < -0.39 is 0 Å². The van der Waals surface area contributed by atoms with Crippen LogP contribution in [0.2, 0.25) is 0 Å². The lowest BCUT2D eigenvalue weighted by Crippen LogP contribution is -2.36. The Labute approximate surface area is 86.4 Å². The minimum atomic E-state index is 0.00866. The van der Waals surface area contributed by atoms with E-state index in [1.807, 2.05) is 11.4 Å². The second kappa shape index (κ2) is 3.98. The molecule has 5 heteroatoms. The number of nitrogens with one attached hydrogen (secondary N) is 1. The average Bonchev–Trinajstić information content (AvgIpc) is 2.87. The Hall–Kier alpha value is -1.07. The van der Waals surface area contributed by atoms with E-state index in [0.29, 0.717) is 10.6 Å². The first-order valence-electron chi connectivity index (χ1n) is 4.50. The maximum Gasteiger partial charge on any atom is 0.281 e. The van der Waals surface area contributed by atoms with Crippen molar-refractivity contribution in [3.63, 3.8) is 0 Å². The van der Waals surface area contributed by atoms with Crippen molar-refractivity contribution in [2.24, 2.45) is 0 Å². The SMILES string of the molecule is COc1ccsc1C(=O)N1CCCN1. The molecule has 1 saturated heterocycles. The van der Waals surface area contributed by atoms with Gasteiger partial charge in [0.25, 0.3) is 5.91 Å². The molecule has 0 unspecified atom stereocenters. The van der Waals surface area contributed by atoms with Gasteiger partial charge in [0.05, 0.1) is 7.11 Å². The van der Waals surface area contributed by atoms with Crippen LogP contribution in [-0.2, 0) is 0 Å². The van der Waals surface area contributed by atoms with Crippen molar-refractivity contribution < 1.29 is 9.53 Å². The van der Waals surface area contributed by atoms with Gasteiger partial charge in [0.1, 0.15) is 10.6 Å². The molecule has 1 aliphatic heterocycles. The van der Waals surface area contributed by atoms with E-state index in [9.17, 15) is 4.79 Å². The third-order valence-corrected chi connectivity index (χ3v) is 3.03. The summed E-state index contributed by atoms with van der Waals surface area (Å²) in [5.74, 6) is 0.669. The summed E-state index contributed by atoms with van der Waals surface area (Å²) in [5, 5.41) is 3.51. The zero-order valence-corrected chi connectivity index (χ0v) is 8.76. The number of methoxy groups -OCH3 is 1. The number of hydrogen-bond donors (Lipinski definition) is 1. The van der Waals surface area contributed by atoms with Crippen molar-refractivity contribution in [1.82, 2.24) is 10.4 Å². The van der Waals surface area contributed by atoms with Gasteiger partial charge in [-0.1, -0.05) is 0 Å². The topological polar surface area (TPSA) is 41.6 Å². The summed E-state index contributed by atoms with van der Waals surface area (Å²) >= 11 is 1.41. The normalized spacial score (nSPS) is 15.9. The lowest BCUT2D eigenvalue weighted by atomic mass is 10.4. The second-order valence-electron chi connectivity index (χ2n) is 3.04. The number of hydrazine groups is 1. The first-order chi connectivity index (χ1) is 6.83. The standard InChI is InChI=1S/C9H12N2O2S/c1-13-7-3-6-14-8(7)9(12)11-5-2-4-10-11/h3,6,10H,2,4-5H2,1H3.